The normalized spacial score (nSPS) is 15.4. The van der Waals surface area contributed by atoms with Crippen molar-refractivity contribution in [1.29, 1.82) is 0 Å². The fraction of sp³-hybridized carbons (Fsp3) is 0.190. The van der Waals surface area contributed by atoms with E-state index in [-0.39, 0.29) is 11.1 Å². The van der Waals surface area contributed by atoms with Crippen LogP contribution < -0.4 is 0 Å². The van der Waals surface area contributed by atoms with Gasteiger partial charge in [-0.1, -0.05) is 42.5 Å². The van der Waals surface area contributed by atoms with E-state index in [9.17, 15) is 14.4 Å². The predicted molar refractivity (Wildman–Crippen MR) is 105 cm³/mol. The smallest absolute Gasteiger partial charge is 0.337 e. The Morgan fingerprint density at radius 2 is 1.78 bits per heavy atom. The summed E-state index contributed by atoms with van der Waals surface area (Å²) in [6, 6.07) is 16.7. The Bertz CT molecular complexity index is 875. The summed E-state index contributed by atoms with van der Waals surface area (Å²) in [5.41, 5.74) is 2.37. The van der Waals surface area contributed by atoms with E-state index in [0.717, 1.165) is 30.2 Å². The van der Waals surface area contributed by atoms with Gasteiger partial charge in [0, 0.05) is 6.54 Å². The highest BCUT2D eigenvalue weighted by molar-refractivity contribution is 8.18. The van der Waals surface area contributed by atoms with Gasteiger partial charge in [-0.2, -0.15) is 0 Å². The molecule has 1 fully saturated rings. The van der Waals surface area contributed by atoms with E-state index >= 15 is 0 Å². The van der Waals surface area contributed by atoms with Crippen LogP contribution in [0.25, 0.3) is 6.08 Å². The zero-order chi connectivity index (χ0) is 19.2. The quantitative estimate of drug-likeness (QED) is 0.556. The van der Waals surface area contributed by atoms with Gasteiger partial charge in [0.1, 0.15) is 0 Å². The molecule has 1 saturated heterocycles. The summed E-state index contributed by atoms with van der Waals surface area (Å²) in [6.07, 6.45) is 3.21. The van der Waals surface area contributed by atoms with Gasteiger partial charge in [-0.3, -0.25) is 14.5 Å². The third-order valence-electron chi connectivity index (χ3n) is 4.19. The maximum Gasteiger partial charge on any atom is 0.337 e. The fourth-order valence-corrected chi connectivity index (χ4v) is 3.63. The molecule has 0 saturated carbocycles. The lowest BCUT2D eigenvalue weighted by atomic mass is 10.1. The molecule has 5 nitrogen and oxygen atoms in total. The maximum atomic E-state index is 12.5. The molecule has 0 radical (unpaired) electrons. The Kier molecular flexibility index (Phi) is 6.08. The Balaban J connectivity index is 1.62. The van der Waals surface area contributed by atoms with Crippen molar-refractivity contribution in [1.82, 2.24) is 4.90 Å². The number of esters is 1. The minimum absolute atomic E-state index is 0.245. The van der Waals surface area contributed by atoms with E-state index < -0.39 is 5.97 Å². The number of hydrogen-bond acceptors (Lipinski definition) is 5. The van der Waals surface area contributed by atoms with Gasteiger partial charge in [0.15, 0.2) is 0 Å². The van der Waals surface area contributed by atoms with E-state index in [1.165, 1.54) is 17.6 Å². The van der Waals surface area contributed by atoms with Crippen LogP contribution in [0, 0.1) is 0 Å². The molecule has 0 aliphatic carbocycles. The molecule has 138 valence electrons. The maximum absolute atomic E-state index is 12.5. The van der Waals surface area contributed by atoms with Gasteiger partial charge >= 0.3 is 5.97 Å². The number of ether oxygens (including phenoxy) is 1. The van der Waals surface area contributed by atoms with Crippen molar-refractivity contribution in [3.05, 3.63) is 76.2 Å². The van der Waals surface area contributed by atoms with Crippen LogP contribution in [0.4, 0.5) is 4.79 Å². The van der Waals surface area contributed by atoms with Gasteiger partial charge in [-0.25, -0.2) is 4.79 Å². The SMILES string of the molecule is COC(=O)c1ccc(C=C2SC(=O)N(CCCc3ccccc3)C2=O)cc1. The first kappa shape index (κ1) is 18.9. The Labute approximate surface area is 162 Å². The molecule has 0 bridgehead atoms. The number of rotatable bonds is 6. The molecule has 0 unspecified atom stereocenters. The number of nitrogens with zero attached hydrogens (tertiary/aromatic N) is 1. The van der Waals surface area contributed by atoms with Gasteiger partial charge in [-0.15, -0.1) is 0 Å². The van der Waals surface area contributed by atoms with Crippen LogP contribution in [0.5, 0.6) is 0 Å². The highest BCUT2D eigenvalue weighted by Gasteiger charge is 2.34. The summed E-state index contributed by atoms with van der Waals surface area (Å²) < 4.78 is 4.66. The van der Waals surface area contributed by atoms with Crippen molar-refractivity contribution in [2.45, 2.75) is 12.8 Å². The number of imide groups is 1. The largest absolute Gasteiger partial charge is 0.465 e. The molecule has 3 rings (SSSR count). The van der Waals surface area contributed by atoms with E-state index in [4.69, 9.17) is 0 Å². The average molecular weight is 381 g/mol. The number of amides is 2. The van der Waals surface area contributed by atoms with Crippen LogP contribution in [0.3, 0.4) is 0 Å². The standard InChI is InChI=1S/C21H19NO4S/c1-26-20(24)17-11-9-16(10-12-17)14-18-19(23)22(21(25)27-18)13-5-8-15-6-3-2-4-7-15/h2-4,6-7,9-12,14H,5,8,13H2,1H3. The van der Waals surface area contributed by atoms with Gasteiger partial charge in [0.05, 0.1) is 17.6 Å². The number of thioether (sulfide) groups is 1. The van der Waals surface area contributed by atoms with E-state index in [2.05, 4.69) is 4.74 Å². The van der Waals surface area contributed by atoms with Gasteiger partial charge in [0.2, 0.25) is 0 Å². The number of benzene rings is 2. The summed E-state index contributed by atoms with van der Waals surface area (Å²) in [7, 11) is 1.32. The van der Waals surface area contributed by atoms with Crippen molar-refractivity contribution in [2.75, 3.05) is 13.7 Å². The zero-order valence-electron chi connectivity index (χ0n) is 14.9. The molecule has 2 amide bonds. The molecule has 2 aromatic carbocycles. The lowest BCUT2D eigenvalue weighted by Crippen LogP contribution is -2.29. The van der Waals surface area contributed by atoms with Crippen LogP contribution in [-0.2, 0) is 16.0 Å². The summed E-state index contributed by atoms with van der Waals surface area (Å²) >= 11 is 0.945. The van der Waals surface area contributed by atoms with Gasteiger partial charge in [-0.05, 0) is 53.9 Å². The molecule has 6 heteroatoms. The first-order chi connectivity index (χ1) is 13.1. The first-order valence-corrected chi connectivity index (χ1v) is 9.38. The van der Waals surface area contributed by atoms with Crippen molar-refractivity contribution in [2.24, 2.45) is 0 Å². The molecule has 1 aliphatic heterocycles. The monoisotopic (exact) mass is 381 g/mol. The third-order valence-corrected chi connectivity index (χ3v) is 5.10. The van der Waals surface area contributed by atoms with Gasteiger partial charge in [0.25, 0.3) is 11.1 Å². The van der Waals surface area contributed by atoms with Crippen LogP contribution in [-0.4, -0.2) is 35.7 Å². The molecular weight excluding hydrogens is 362 g/mol. The van der Waals surface area contributed by atoms with Crippen molar-refractivity contribution in [3.63, 3.8) is 0 Å². The Hall–Kier alpha value is -2.86. The lowest BCUT2D eigenvalue weighted by Gasteiger charge is -2.12. The second-order valence-electron chi connectivity index (χ2n) is 6.04. The van der Waals surface area contributed by atoms with E-state index in [0.29, 0.717) is 17.0 Å². The second-order valence-corrected chi connectivity index (χ2v) is 7.03. The van der Waals surface area contributed by atoms with E-state index in [1.807, 2.05) is 30.3 Å². The van der Waals surface area contributed by atoms with Crippen LogP contribution in [0.2, 0.25) is 0 Å². The minimum atomic E-state index is -0.416. The van der Waals surface area contributed by atoms with Crippen LogP contribution in [0.15, 0.2) is 59.5 Å². The topological polar surface area (TPSA) is 63.7 Å². The molecule has 27 heavy (non-hydrogen) atoms. The molecule has 2 aromatic rings. The number of hydrogen-bond donors (Lipinski definition) is 0. The molecule has 0 aromatic heterocycles. The lowest BCUT2D eigenvalue weighted by molar-refractivity contribution is -0.122. The molecule has 0 N–H and O–H groups in total. The second kappa shape index (κ2) is 8.68. The van der Waals surface area contributed by atoms with Crippen molar-refractivity contribution >= 4 is 35.0 Å². The minimum Gasteiger partial charge on any atom is -0.465 e. The highest BCUT2D eigenvalue weighted by atomic mass is 32.2. The average Bonchev–Trinajstić information content (AvgIpc) is 2.96. The molecule has 0 spiro atoms. The first-order valence-electron chi connectivity index (χ1n) is 8.56. The van der Waals surface area contributed by atoms with Crippen LogP contribution in [0.1, 0.15) is 27.9 Å². The van der Waals surface area contributed by atoms with Crippen molar-refractivity contribution in [3.8, 4) is 0 Å². The van der Waals surface area contributed by atoms with Crippen molar-refractivity contribution < 1.29 is 19.1 Å². The molecule has 0 atom stereocenters. The third kappa shape index (κ3) is 4.65. The summed E-state index contributed by atoms with van der Waals surface area (Å²) in [5.74, 6) is -0.685. The van der Waals surface area contributed by atoms with E-state index in [1.54, 1.807) is 30.3 Å². The number of aryl methyl sites for hydroxylation is 1. The predicted octanol–water partition coefficient (Wildman–Crippen LogP) is 4.14. The number of methoxy groups -OCH3 is 1. The fourth-order valence-electron chi connectivity index (χ4n) is 2.76. The Morgan fingerprint density at radius 1 is 1.07 bits per heavy atom. The number of carbonyl (C=O) groups is 3. The molecule has 1 aliphatic rings. The highest BCUT2D eigenvalue weighted by Crippen LogP contribution is 2.32. The summed E-state index contributed by atoms with van der Waals surface area (Å²) in [5, 5.41) is -0.245. The summed E-state index contributed by atoms with van der Waals surface area (Å²) in [6.45, 7) is 0.401. The molecule has 1 heterocycles. The number of carbonyl (C=O) groups excluding carboxylic acids is 3. The van der Waals surface area contributed by atoms with Crippen LogP contribution >= 0.6 is 11.8 Å². The zero-order valence-corrected chi connectivity index (χ0v) is 15.7. The molecular formula is C21H19NO4S. The summed E-state index contributed by atoms with van der Waals surface area (Å²) in [4.78, 5) is 37.9. The van der Waals surface area contributed by atoms with Gasteiger partial charge < -0.3 is 4.74 Å². The Morgan fingerprint density at radius 3 is 2.44 bits per heavy atom.